The van der Waals surface area contributed by atoms with Crippen molar-refractivity contribution in [1.82, 2.24) is 5.32 Å². The Bertz CT molecular complexity index is 510. The molecule has 0 aromatic heterocycles. The summed E-state index contributed by atoms with van der Waals surface area (Å²) in [6.45, 7) is 1.64. The van der Waals surface area contributed by atoms with Gasteiger partial charge in [0.1, 0.15) is 5.75 Å². The van der Waals surface area contributed by atoms with E-state index < -0.39 is 5.41 Å². The molecule has 1 spiro atoms. The summed E-state index contributed by atoms with van der Waals surface area (Å²) in [6, 6.07) is 3.67. The third-order valence-corrected chi connectivity index (χ3v) is 4.17. The minimum Gasteiger partial charge on any atom is -0.495 e. The van der Waals surface area contributed by atoms with E-state index in [0.717, 1.165) is 30.6 Å². The Labute approximate surface area is 111 Å². The average Bonchev–Trinajstić information content (AvgIpc) is 2.62. The van der Waals surface area contributed by atoms with Crippen LogP contribution in [-0.2, 0) is 10.2 Å². The quantitative estimate of drug-likeness (QED) is 0.817. The van der Waals surface area contributed by atoms with E-state index in [9.17, 15) is 4.79 Å². The van der Waals surface area contributed by atoms with E-state index in [1.807, 2.05) is 6.07 Å². The molecule has 0 bridgehead atoms. The molecule has 1 atom stereocenters. The highest BCUT2D eigenvalue weighted by Gasteiger charge is 2.47. The number of ether oxygens (including phenoxy) is 1. The zero-order valence-electron chi connectivity index (χ0n) is 10.2. The van der Waals surface area contributed by atoms with E-state index >= 15 is 0 Å². The molecule has 0 saturated carbocycles. The zero-order valence-corrected chi connectivity index (χ0v) is 10.9. The maximum absolute atomic E-state index is 12.3. The molecule has 1 unspecified atom stereocenters. The smallest absolute Gasteiger partial charge is 0.236 e. The summed E-state index contributed by atoms with van der Waals surface area (Å²) in [4.78, 5) is 12.3. The van der Waals surface area contributed by atoms with Crippen LogP contribution >= 0.6 is 11.6 Å². The molecule has 2 N–H and O–H groups in total. The summed E-state index contributed by atoms with van der Waals surface area (Å²) < 4.78 is 5.25. The Morgan fingerprint density at radius 3 is 2.94 bits per heavy atom. The van der Waals surface area contributed by atoms with E-state index in [4.69, 9.17) is 16.3 Å². The molecule has 1 aromatic rings. The molecule has 1 aromatic carbocycles. The standard InChI is InChI=1S/C13H15ClN2O2/c1-18-11-5-8-10(6-9(11)14)16-12(17)13(8)3-2-4-15-7-13/h5-6,15H,2-4,7H2,1H3,(H,16,17). The molecule has 18 heavy (non-hydrogen) atoms. The number of benzene rings is 1. The van der Waals surface area contributed by atoms with Gasteiger partial charge in [-0.2, -0.15) is 0 Å². The van der Waals surface area contributed by atoms with Crippen LogP contribution in [0.25, 0.3) is 0 Å². The van der Waals surface area contributed by atoms with Crippen LogP contribution in [0, 0.1) is 0 Å². The molecule has 5 heteroatoms. The summed E-state index contributed by atoms with van der Waals surface area (Å²) in [7, 11) is 1.59. The molecular weight excluding hydrogens is 252 g/mol. The van der Waals surface area contributed by atoms with E-state index in [1.54, 1.807) is 13.2 Å². The van der Waals surface area contributed by atoms with Crippen molar-refractivity contribution in [3.05, 3.63) is 22.7 Å². The highest BCUT2D eigenvalue weighted by atomic mass is 35.5. The van der Waals surface area contributed by atoms with Crippen LogP contribution in [0.2, 0.25) is 5.02 Å². The number of carbonyl (C=O) groups excluding carboxylic acids is 1. The van der Waals surface area contributed by atoms with Crippen LogP contribution in [-0.4, -0.2) is 26.1 Å². The van der Waals surface area contributed by atoms with Gasteiger partial charge in [0.05, 0.1) is 17.5 Å². The van der Waals surface area contributed by atoms with Crippen LogP contribution in [0.3, 0.4) is 0 Å². The number of nitrogens with one attached hydrogen (secondary N) is 2. The number of hydrogen-bond donors (Lipinski definition) is 2. The lowest BCUT2D eigenvalue weighted by Gasteiger charge is -2.32. The molecule has 3 rings (SSSR count). The monoisotopic (exact) mass is 266 g/mol. The van der Waals surface area contributed by atoms with Crippen LogP contribution in [0.1, 0.15) is 18.4 Å². The molecular formula is C13H15ClN2O2. The van der Waals surface area contributed by atoms with Gasteiger partial charge in [-0.15, -0.1) is 0 Å². The first kappa shape index (κ1) is 11.8. The minimum atomic E-state index is -0.453. The summed E-state index contributed by atoms with van der Waals surface area (Å²) >= 11 is 6.09. The van der Waals surface area contributed by atoms with Gasteiger partial charge in [-0.25, -0.2) is 0 Å². The van der Waals surface area contributed by atoms with Crippen molar-refractivity contribution in [2.75, 3.05) is 25.5 Å². The van der Waals surface area contributed by atoms with Gasteiger partial charge in [0, 0.05) is 12.2 Å². The molecule has 0 aliphatic carbocycles. The average molecular weight is 267 g/mol. The molecule has 2 aliphatic heterocycles. The normalized spacial score (nSPS) is 26.0. The maximum Gasteiger partial charge on any atom is 0.236 e. The molecule has 1 amide bonds. The number of piperidine rings is 1. The second-order valence-corrected chi connectivity index (χ2v) is 5.26. The van der Waals surface area contributed by atoms with Gasteiger partial charge >= 0.3 is 0 Å². The largest absolute Gasteiger partial charge is 0.495 e. The van der Waals surface area contributed by atoms with Crippen LogP contribution < -0.4 is 15.4 Å². The predicted molar refractivity (Wildman–Crippen MR) is 70.4 cm³/mol. The maximum atomic E-state index is 12.3. The molecule has 2 heterocycles. The molecule has 96 valence electrons. The van der Waals surface area contributed by atoms with Crippen LogP contribution in [0.4, 0.5) is 5.69 Å². The van der Waals surface area contributed by atoms with E-state index in [1.165, 1.54) is 0 Å². The van der Waals surface area contributed by atoms with Gasteiger partial charge in [0.15, 0.2) is 0 Å². The highest BCUT2D eigenvalue weighted by molar-refractivity contribution is 6.32. The Hall–Kier alpha value is -1.26. The highest BCUT2D eigenvalue weighted by Crippen LogP contribution is 2.45. The number of anilines is 1. The van der Waals surface area contributed by atoms with Crippen molar-refractivity contribution in [3.8, 4) is 5.75 Å². The van der Waals surface area contributed by atoms with Crippen molar-refractivity contribution in [2.45, 2.75) is 18.3 Å². The minimum absolute atomic E-state index is 0.0639. The second kappa shape index (κ2) is 4.14. The number of halogens is 1. The first-order valence-electron chi connectivity index (χ1n) is 6.07. The molecule has 2 aliphatic rings. The summed E-state index contributed by atoms with van der Waals surface area (Å²) in [6.07, 6.45) is 1.86. The van der Waals surface area contributed by atoms with Gasteiger partial charge in [-0.05, 0) is 37.1 Å². The Morgan fingerprint density at radius 1 is 1.44 bits per heavy atom. The van der Waals surface area contributed by atoms with Crippen molar-refractivity contribution >= 4 is 23.2 Å². The van der Waals surface area contributed by atoms with Crippen molar-refractivity contribution in [1.29, 1.82) is 0 Å². The summed E-state index contributed by atoms with van der Waals surface area (Å²) in [5.74, 6) is 0.686. The first-order chi connectivity index (χ1) is 8.67. The van der Waals surface area contributed by atoms with Crippen LogP contribution in [0.15, 0.2) is 12.1 Å². The van der Waals surface area contributed by atoms with E-state index in [0.29, 0.717) is 17.3 Å². The fourth-order valence-electron chi connectivity index (χ4n) is 2.90. The number of amides is 1. The SMILES string of the molecule is COc1cc2c(cc1Cl)NC(=O)C21CCCNC1. The number of fused-ring (bicyclic) bond motifs is 2. The second-order valence-electron chi connectivity index (χ2n) is 4.85. The van der Waals surface area contributed by atoms with Gasteiger partial charge in [0.25, 0.3) is 0 Å². The number of carbonyl (C=O) groups is 1. The van der Waals surface area contributed by atoms with E-state index in [-0.39, 0.29) is 5.91 Å². The van der Waals surface area contributed by atoms with Gasteiger partial charge < -0.3 is 15.4 Å². The number of rotatable bonds is 1. The summed E-state index contributed by atoms with van der Waals surface area (Å²) in [5, 5.41) is 6.76. The van der Waals surface area contributed by atoms with Crippen molar-refractivity contribution < 1.29 is 9.53 Å². The molecule has 1 saturated heterocycles. The number of hydrogen-bond acceptors (Lipinski definition) is 3. The lowest BCUT2D eigenvalue weighted by Crippen LogP contribution is -2.47. The topological polar surface area (TPSA) is 50.4 Å². The predicted octanol–water partition coefficient (Wildman–Crippen LogP) is 1.92. The Kier molecular flexibility index (Phi) is 2.72. The zero-order chi connectivity index (χ0) is 12.8. The summed E-state index contributed by atoms with van der Waals surface area (Å²) in [5.41, 5.74) is 1.36. The lowest BCUT2D eigenvalue weighted by molar-refractivity contribution is -0.121. The third-order valence-electron chi connectivity index (χ3n) is 3.87. The van der Waals surface area contributed by atoms with Crippen LogP contribution in [0.5, 0.6) is 5.75 Å². The van der Waals surface area contributed by atoms with E-state index in [2.05, 4.69) is 10.6 Å². The van der Waals surface area contributed by atoms with Crippen molar-refractivity contribution in [3.63, 3.8) is 0 Å². The van der Waals surface area contributed by atoms with Gasteiger partial charge in [0.2, 0.25) is 5.91 Å². The van der Waals surface area contributed by atoms with Crippen molar-refractivity contribution in [2.24, 2.45) is 0 Å². The fraction of sp³-hybridized carbons (Fsp3) is 0.462. The lowest BCUT2D eigenvalue weighted by atomic mass is 9.75. The fourth-order valence-corrected chi connectivity index (χ4v) is 3.14. The number of methoxy groups -OCH3 is 1. The first-order valence-corrected chi connectivity index (χ1v) is 6.45. The Morgan fingerprint density at radius 2 is 2.28 bits per heavy atom. The third kappa shape index (κ3) is 1.52. The molecule has 1 fully saturated rings. The molecule has 4 nitrogen and oxygen atoms in total. The molecule has 0 radical (unpaired) electrons. The Balaban J connectivity index is 2.13. The van der Waals surface area contributed by atoms with Gasteiger partial charge in [-0.1, -0.05) is 11.6 Å². The van der Waals surface area contributed by atoms with Gasteiger partial charge in [-0.3, -0.25) is 4.79 Å².